The zero-order valence-corrected chi connectivity index (χ0v) is 17.1. The van der Waals surface area contributed by atoms with Crippen LogP contribution in [0.1, 0.15) is 0 Å². The van der Waals surface area contributed by atoms with Crippen LogP contribution in [0.4, 0.5) is 0 Å². The molecule has 0 radical (unpaired) electrons. The zero-order valence-electron chi connectivity index (χ0n) is 15.9. The fourth-order valence-electron chi connectivity index (χ4n) is 3.28. The Bertz CT molecular complexity index is 953. The van der Waals surface area contributed by atoms with E-state index >= 15 is 0 Å². The average molecular weight is 382 g/mol. The number of rotatable bonds is 6. The Balaban J connectivity index is 2.34. The lowest BCUT2D eigenvalue weighted by atomic mass is 9.93. The van der Waals surface area contributed by atoms with Crippen molar-refractivity contribution in [1.82, 2.24) is 0 Å². The topological polar surface area (TPSA) is 36.9 Å². The molecule has 3 aromatic carbocycles. The summed E-state index contributed by atoms with van der Waals surface area (Å²) in [6.07, 6.45) is 0. The first-order valence-corrected chi connectivity index (χ1v) is 9.05. The van der Waals surface area contributed by atoms with Crippen LogP contribution in [0.15, 0.2) is 54.6 Å². The van der Waals surface area contributed by atoms with E-state index in [9.17, 15) is 0 Å². The molecule has 0 N–H and O–H groups in total. The molecule has 0 spiro atoms. The molecule has 140 valence electrons. The Morgan fingerprint density at radius 1 is 0.556 bits per heavy atom. The first kappa shape index (κ1) is 19.1. The van der Waals surface area contributed by atoms with Gasteiger partial charge >= 0.3 is 0 Å². The van der Waals surface area contributed by atoms with Crippen molar-refractivity contribution < 1.29 is 18.9 Å². The van der Waals surface area contributed by atoms with Crippen LogP contribution in [-0.4, -0.2) is 28.4 Å². The molecule has 0 amide bonds. The second-order valence-electron chi connectivity index (χ2n) is 5.85. The van der Waals surface area contributed by atoms with Crippen LogP contribution in [-0.2, 0) is 0 Å². The van der Waals surface area contributed by atoms with E-state index in [4.69, 9.17) is 18.9 Å². The van der Waals surface area contributed by atoms with E-state index in [-0.39, 0.29) is 0 Å². The van der Waals surface area contributed by atoms with Gasteiger partial charge in [0.05, 0.1) is 28.4 Å². The minimum atomic E-state index is 0.687. The molecule has 0 aromatic heterocycles. The molecule has 0 saturated carbocycles. The fraction of sp³-hybridized carbons (Fsp3) is 0.182. The predicted octanol–water partition coefficient (Wildman–Crippen LogP) is 4.56. The molecule has 27 heavy (non-hydrogen) atoms. The Labute approximate surface area is 162 Å². The molecule has 0 bridgehead atoms. The highest BCUT2D eigenvalue weighted by Crippen LogP contribution is 2.45. The van der Waals surface area contributed by atoms with Gasteiger partial charge in [-0.3, -0.25) is 0 Å². The Hall–Kier alpha value is -2.71. The molecule has 0 saturated heterocycles. The predicted molar refractivity (Wildman–Crippen MR) is 113 cm³/mol. The SMILES string of the molecule is COc1cccc(-c2cccc(P)c2-c2cccc(OC)c2OC)c1OC. The van der Waals surface area contributed by atoms with E-state index in [1.807, 2.05) is 42.5 Å². The highest BCUT2D eigenvalue weighted by atomic mass is 31.0. The molecule has 4 nitrogen and oxygen atoms in total. The van der Waals surface area contributed by atoms with Gasteiger partial charge in [0.1, 0.15) is 0 Å². The first-order chi connectivity index (χ1) is 13.2. The third kappa shape index (κ3) is 3.45. The number of methoxy groups -OCH3 is 4. The van der Waals surface area contributed by atoms with E-state index in [2.05, 4.69) is 21.4 Å². The molecule has 0 aliphatic rings. The second kappa shape index (κ2) is 8.32. The van der Waals surface area contributed by atoms with Crippen LogP contribution in [0.2, 0.25) is 0 Å². The van der Waals surface area contributed by atoms with Crippen molar-refractivity contribution in [3.8, 4) is 45.3 Å². The van der Waals surface area contributed by atoms with Gasteiger partial charge < -0.3 is 18.9 Å². The van der Waals surface area contributed by atoms with Crippen LogP contribution in [0.3, 0.4) is 0 Å². The minimum Gasteiger partial charge on any atom is -0.493 e. The van der Waals surface area contributed by atoms with Gasteiger partial charge in [0.2, 0.25) is 0 Å². The molecule has 0 fully saturated rings. The molecular weight excluding hydrogens is 359 g/mol. The van der Waals surface area contributed by atoms with E-state index in [1.165, 1.54) is 0 Å². The normalized spacial score (nSPS) is 10.4. The molecular formula is C22H23O4P. The summed E-state index contributed by atoms with van der Waals surface area (Å²) in [7, 11) is 9.39. The fourth-order valence-corrected chi connectivity index (χ4v) is 3.70. The molecule has 3 rings (SSSR count). The van der Waals surface area contributed by atoms with Gasteiger partial charge in [0, 0.05) is 16.7 Å². The molecule has 1 unspecified atom stereocenters. The molecule has 3 aromatic rings. The number of hydrogen-bond acceptors (Lipinski definition) is 4. The van der Waals surface area contributed by atoms with E-state index < -0.39 is 0 Å². The molecule has 0 heterocycles. The van der Waals surface area contributed by atoms with Crippen LogP contribution < -0.4 is 24.3 Å². The Kier molecular flexibility index (Phi) is 5.88. The summed E-state index contributed by atoms with van der Waals surface area (Å²) >= 11 is 0. The zero-order chi connectivity index (χ0) is 19.4. The second-order valence-corrected chi connectivity index (χ2v) is 6.47. The number of ether oxygens (including phenoxy) is 4. The Morgan fingerprint density at radius 3 is 1.59 bits per heavy atom. The van der Waals surface area contributed by atoms with E-state index in [0.29, 0.717) is 23.0 Å². The molecule has 0 aliphatic carbocycles. The molecule has 0 aliphatic heterocycles. The standard InChI is InChI=1S/C22H23O4P/c1-23-17-11-5-9-15(21(17)25-3)14-8-7-13-19(27)20(14)16-10-6-12-18(24-2)22(16)26-4/h5-13H,27H2,1-4H3. The van der Waals surface area contributed by atoms with Crippen molar-refractivity contribution in [1.29, 1.82) is 0 Å². The summed E-state index contributed by atoms with van der Waals surface area (Å²) in [5.74, 6) is 2.76. The van der Waals surface area contributed by atoms with Crippen molar-refractivity contribution in [2.24, 2.45) is 0 Å². The summed E-state index contributed by atoms with van der Waals surface area (Å²) in [5, 5.41) is 1.05. The summed E-state index contributed by atoms with van der Waals surface area (Å²) in [5.41, 5.74) is 3.94. The third-order valence-corrected chi connectivity index (χ3v) is 4.94. The lowest BCUT2D eigenvalue weighted by molar-refractivity contribution is 0.356. The number of hydrogen-bond donors (Lipinski definition) is 0. The summed E-state index contributed by atoms with van der Waals surface area (Å²) in [4.78, 5) is 0. The smallest absolute Gasteiger partial charge is 0.168 e. The first-order valence-electron chi connectivity index (χ1n) is 8.47. The number of para-hydroxylation sites is 2. The van der Waals surface area contributed by atoms with Crippen LogP contribution in [0.5, 0.6) is 23.0 Å². The van der Waals surface area contributed by atoms with Crippen molar-refractivity contribution in [3.63, 3.8) is 0 Å². The van der Waals surface area contributed by atoms with E-state index in [1.54, 1.807) is 28.4 Å². The third-order valence-electron chi connectivity index (χ3n) is 4.46. The highest BCUT2D eigenvalue weighted by molar-refractivity contribution is 7.28. The maximum atomic E-state index is 5.68. The van der Waals surface area contributed by atoms with Gasteiger partial charge in [-0.25, -0.2) is 0 Å². The average Bonchev–Trinajstić information content (AvgIpc) is 2.72. The summed E-state index contributed by atoms with van der Waals surface area (Å²) in [6.45, 7) is 0. The van der Waals surface area contributed by atoms with Gasteiger partial charge in [-0.2, -0.15) is 0 Å². The molecule has 5 heteroatoms. The van der Waals surface area contributed by atoms with Crippen LogP contribution >= 0.6 is 9.24 Å². The van der Waals surface area contributed by atoms with Gasteiger partial charge in [-0.15, -0.1) is 9.24 Å². The quantitative estimate of drug-likeness (QED) is 0.586. The highest BCUT2D eigenvalue weighted by Gasteiger charge is 2.20. The van der Waals surface area contributed by atoms with Crippen LogP contribution in [0.25, 0.3) is 22.3 Å². The van der Waals surface area contributed by atoms with E-state index in [0.717, 1.165) is 27.6 Å². The number of benzene rings is 3. The van der Waals surface area contributed by atoms with Crippen molar-refractivity contribution in [2.45, 2.75) is 0 Å². The lowest BCUT2D eigenvalue weighted by Crippen LogP contribution is -2.03. The lowest BCUT2D eigenvalue weighted by Gasteiger charge is -2.19. The van der Waals surface area contributed by atoms with Crippen molar-refractivity contribution in [2.75, 3.05) is 28.4 Å². The monoisotopic (exact) mass is 382 g/mol. The summed E-state index contributed by atoms with van der Waals surface area (Å²) in [6, 6.07) is 17.9. The largest absolute Gasteiger partial charge is 0.493 e. The maximum absolute atomic E-state index is 5.68. The van der Waals surface area contributed by atoms with Gasteiger partial charge in [0.25, 0.3) is 0 Å². The van der Waals surface area contributed by atoms with Crippen molar-refractivity contribution in [3.05, 3.63) is 54.6 Å². The van der Waals surface area contributed by atoms with Crippen LogP contribution in [0, 0.1) is 0 Å². The van der Waals surface area contributed by atoms with Gasteiger partial charge in [0.15, 0.2) is 23.0 Å². The molecule has 1 atom stereocenters. The summed E-state index contributed by atoms with van der Waals surface area (Å²) < 4.78 is 22.3. The van der Waals surface area contributed by atoms with Gasteiger partial charge in [-0.1, -0.05) is 42.5 Å². The van der Waals surface area contributed by atoms with Crippen molar-refractivity contribution >= 4 is 14.5 Å². The maximum Gasteiger partial charge on any atom is 0.168 e. The minimum absolute atomic E-state index is 0.687. The van der Waals surface area contributed by atoms with Gasteiger partial charge in [-0.05, 0) is 23.0 Å². The Morgan fingerprint density at radius 2 is 1.04 bits per heavy atom.